The first-order valence-electron chi connectivity index (χ1n) is 6.82. The highest BCUT2D eigenvalue weighted by molar-refractivity contribution is 4.96. The molecule has 3 aliphatic rings. The highest BCUT2D eigenvalue weighted by Gasteiger charge is 2.40. The van der Waals surface area contributed by atoms with Crippen LogP contribution in [0.15, 0.2) is 0 Å². The molecule has 0 radical (unpaired) electrons. The number of hydrogen-bond acceptors (Lipinski definition) is 2. The van der Waals surface area contributed by atoms with Crippen molar-refractivity contribution in [1.82, 2.24) is 10.2 Å². The molecule has 0 amide bonds. The highest BCUT2D eigenvalue weighted by Crippen LogP contribution is 2.38. The van der Waals surface area contributed by atoms with Crippen LogP contribution in [0, 0.1) is 11.8 Å². The van der Waals surface area contributed by atoms with Gasteiger partial charge in [0.1, 0.15) is 0 Å². The monoisotopic (exact) mass is 208 g/mol. The normalized spacial score (nSPS) is 47.0. The summed E-state index contributed by atoms with van der Waals surface area (Å²) in [4.78, 5) is 2.87. The number of likely N-dealkylation sites (tertiary alicyclic amines) is 1. The molecule has 0 aromatic heterocycles. The van der Waals surface area contributed by atoms with Gasteiger partial charge in [-0.3, -0.25) is 4.90 Å². The van der Waals surface area contributed by atoms with Gasteiger partial charge in [-0.05, 0) is 50.6 Å². The molecule has 1 aliphatic carbocycles. The largest absolute Gasteiger partial charge is 0.315 e. The average Bonchev–Trinajstić information content (AvgIpc) is 2.85. The summed E-state index contributed by atoms with van der Waals surface area (Å²) >= 11 is 0. The summed E-state index contributed by atoms with van der Waals surface area (Å²) in [7, 11) is 0. The molecule has 2 heterocycles. The molecular formula is C13H24N2. The molecule has 3 fully saturated rings. The number of rotatable bonds is 1. The van der Waals surface area contributed by atoms with Gasteiger partial charge in [0, 0.05) is 18.6 Å². The van der Waals surface area contributed by atoms with Crippen molar-refractivity contribution in [1.29, 1.82) is 0 Å². The first kappa shape index (κ1) is 10.1. The van der Waals surface area contributed by atoms with E-state index in [2.05, 4.69) is 17.1 Å². The van der Waals surface area contributed by atoms with Crippen molar-refractivity contribution >= 4 is 0 Å². The molecule has 4 unspecified atom stereocenters. The summed E-state index contributed by atoms with van der Waals surface area (Å²) in [6.07, 6.45) is 7.43. The minimum Gasteiger partial charge on any atom is -0.315 e. The SMILES string of the molecule is CC1CNCC1N1CCCC2CCCC21. The van der Waals surface area contributed by atoms with Gasteiger partial charge in [0.25, 0.3) is 0 Å². The molecule has 2 heteroatoms. The summed E-state index contributed by atoms with van der Waals surface area (Å²) < 4.78 is 0. The summed E-state index contributed by atoms with van der Waals surface area (Å²) in [5.74, 6) is 1.91. The summed E-state index contributed by atoms with van der Waals surface area (Å²) in [5, 5.41) is 3.56. The van der Waals surface area contributed by atoms with Crippen molar-refractivity contribution in [3.05, 3.63) is 0 Å². The van der Waals surface area contributed by atoms with Gasteiger partial charge in [-0.1, -0.05) is 13.3 Å². The Bertz CT molecular complexity index is 225. The van der Waals surface area contributed by atoms with Crippen LogP contribution in [0.2, 0.25) is 0 Å². The van der Waals surface area contributed by atoms with Gasteiger partial charge in [-0.2, -0.15) is 0 Å². The fourth-order valence-corrected chi connectivity index (χ4v) is 4.14. The molecule has 2 nitrogen and oxygen atoms in total. The fraction of sp³-hybridized carbons (Fsp3) is 1.00. The molecule has 15 heavy (non-hydrogen) atoms. The molecule has 0 aromatic carbocycles. The fourth-order valence-electron chi connectivity index (χ4n) is 4.14. The standard InChI is InChI=1S/C13H24N2/c1-10-8-14-9-13(10)15-7-3-5-11-4-2-6-12(11)15/h10-14H,2-9H2,1H3. The van der Waals surface area contributed by atoms with Crippen LogP contribution < -0.4 is 5.32 Å². The second kappa shape index (κ2) is 4.06. The van der Waals surface area contributed by atoms with E-state index >= 15 is 0 Å². The Balaban J connectivity index is 1.73. The zero-order valence-corrected chi connectivity index (χ0v) is 9.91. The van der Waals surface area contributed by atoms with Gasteiger partial charge in [0.2, 0.25) is 0 Å². The van der Waals surface area contributed by atoms with Crippen LogP contribution in [0.4, 0.5) is 0 Å². The van der Waals surface area contributed by atoms with E-state index < -0.39 is 0 Å². The number of nitrogens with one attached hydrogen (secondary N) is 1. The van der Waals surface area contributed by atoms with Crippen molar-refractivity contribution in [3.8, 4) is 0 Å². The number of nitrogens with zero attached hydrogens (tertiary/aromatic N) is 1. The van der Waals surface area contributed by atoms with Gasteiger partial charge >= 0.3 is 0 Å². The van der Waals surface area contributed by atoms with E-state index in [1.807, 2.05) is 0 Å². The van der Waals surface area contributed by atoms with Crippen molar-refractivity contribution < 1.29 is 0 Å². The molecule has 4 atom stereocenters. The second-order valence-corrected chi connectivity index (χ2v) is 5.84. The van der Waals surface area contributed by atoms with Crippen molar-refractivity contribution in [2.24, 2.45) is 11.8 Å². The van der Waals surface area contributed by atoms with Crippen LogP contribution in [0.25, 0.3) is 0 Å². The van der Waals surface area contributed by atoms with Crippen molar-refractivity contribution in [2.45, 2.75) is 51.1 Å². The molecule has 0 spiro atoms. The van der Waals surface area contributed by atoms with Crippen LogP contribution in [0.5, 0.6) is 0 Å². The average molecular weight is 208 g/mol. The van der Waals surface area contributed by atoms with Crippen LogP contribution >= 0.6 is 0 Å². The molecule has 3 rings (SSSR count). The van der Waals surface area contributed by atoms with E-state index in [9.17, 15) is 0 Å². The van der Waals surface area contributed by atoms with Crippen molar-refractivity contribution in [2.75, 3.05) is 19.6 Å². The molecule has 86 valence electrons. The third kappa shape index (κ3) is 1.72. The predicted octanol–water partition coefficient (Wildman–Crippen LogP) is 1.86. The minimum atomic E-state index is 0.843. The van der Waals surface area contributed by atoms with Gasteiger partial charge in [-0.25, -0.2) is 0 Å². The third-order valence-electron chi connectivity index (χ3n) is 4.94. The number of fused-ring (bicyclic) bond motifs is 1. The lowest BCUT2D eigenvalue weighted by Gasteiger charge is -2.42. The molecule has 0 aromatic rings. The zero-order chi connectivity index (χ0) is 10.3. The minimum absolute atomic E-state index is 0.843. The lowest BCUT2D eigenvalue weighted by Crippen LogP contribution is -2.51. The maximum absolute atomic E-state index is 3.56. The Kier molecular flexibility index (Phi) is 2.73. The van der Waals surface area contributed by atoms with Gasteiger partial charge < -0.3 is 5.32 Å². The van der Waals surface area contributed by atoms with E-state index in [1.54, 1.807) is 0 Å². The Morgan fingerprint density at radius 1 is 1.00 bits per heavy atom. The lowest BCUT2D eigenvalue weighted by molar-refractivity contribution is 0.0596. The Hall–Kier alpha value is -0.0800. The maximum atomic E-state index is 3.56. The topological polar surface area (TPSA) is 15.3 Å². The summed E-state index contributed by atoms with van der Waals surface area (Å²) in [5.41, 5.74) is 0. The lowest BCUT2D eigenvalue weighted by atomic mass is 9.89. The quantitative estimate of drug-likeness (QED) is 0.707. The van der Waals surface area contributed by atoms with Crippen LogP contribution in [0.3, 0.4) is 0 Å². The van der Waals surface area contributed by atoms with Crippen LogP contribution in [0.1, 0.15) is 39.0 Å². The van der Waals surface area contributed by atoms with Gasteiger partial charge in [0.15, 0.2) is 0 Å². The molecule has 1 N–H and O–H groups in total. The van der Waals surface area contributed by atoms with E-state index in [0.29, 0.717) is 0 Å². The van der Waals surface area contributed by atoms with Crippen LogP contribution in [-0.2, 0) is 0 Å². The maximum Gasteiger partial charge on any atom is 0.0261 e. The predicted molar refractivity (Wildman–Crippen MR) is 62.9 cm³/mol. The van der Waals surface area contributed by atoms with E-state index in [1.165, 1.54) is 51.7 Å². The van der Waals surface area contributed by atoms with E-state index in [-0.39, 0.29) is 0 Å². The second-order valence-electron chi connectivity index (χ2n) is 5.84. The van der Waals surface area contributed by atoms with Crippen LogP contribution in [-0.4, -0.2) is 36.6 Å². The Morgan fingerprint density at radius 2 is 1.87 bits per heavy atom. The molecule has 2 saturated heterocycles. The Morgan fingerprint density at radius 3 is 2.67 bits per heavy atom. The van der Waals surface area contributed by atoms with Gasteiger partial charge in [-0.15, -0.1) is 0 Å². The third-order valence-corrected chi connectivity index (χ3v) is 4.94. The smallest absolute Gasteiger partial charge is 0.0261 e. The molecule has 0 bridgehead atoms. The first-order chi connectivity index (χ1) is 7.36. The number of piperidine rings is 1. The van der Waals surface area contributed by atoms with E-state index in [4.69, 9.17) is 0 Å². The summed E-state index contributed by atoms with van der Waals surface area (Å²) in [6.45, 7) is 6.27. The Labute approximate surface area is 93.4 Å². The van der Waals surface area contributed by atoms with E-state index in [0.717, 1.165) is 23.9 Å². The zero-order valence-electron chi connectivity index (χ0n) is 9.91. The summed E-state index contributed by atoms with van der Waals surface area (Å²) in [6, 6.07) is 1.79. The molecular weight excluding hydrogens is 184 g/mol. The first-order valence-corrected chi connectivity index (χ1v) is 6.82. The highest BCUT2D eigenvalue weighted by atomic mass is 15.2. The molecule has 1 saturated carbocycles. The van der Waals surface area contributed by atoms with Crippen molar-refractivity contribution in [3.63, 3.8) is 0 Å². The van der Waals surface area contributed by atoms with Gasteiger partial charge in [0.05, 0.1) is 0 Å². The number of hydrogen-bond donors (Lipinski definition) is 1. The molecule has 2 aliphatic heterocycles.